The molecule has 2 N–H and O–H groups in total. The SMILES string of the molecule is COc1ccc(C(=O)O[C@@H](C)C(=O)Nc2ccc(C#N)c(Cl)c2)c(O)c1. The third kappa shape index (κ3) is 4.43. The van der Waals surface area contributed by atoms with Gasteiger partial charge in [0.15, 0.2) is 6.10 Å². The lowest BCUT2D eigenvalue weighted by Gasteiger charge is -2.14. The Balaban J connectivity index is 2.03. The van der Waals surface area contributed by atoms with Crippen molar-refractivity contribution in [2.24, 2.45) is 0 Å². The van der Waals surface area contributed by atoms with Crippen LogP contribution >= 0.6 is 11.6 Å². The monoisotopic (exact) mass is 374 g/mol. The van der Waals surface area contributed by atoms with E-state index < -0.39 is 18.0 Å². The van der Waals surface area contributed by atoms with E-state index in [4.69, 9.17) is 26.3 Å². The van der Waals surface area contributed by atoms with Crippen LogP contribution in [0.3, 0.4) is 0 Å². The van der Waals surface area contributed by atoms with Crippen LogP contribution in [0.25, 0.3) is 0 Å². The molecule has 134 valence electrons. The topological polar surface area (TPSA) is 109 Å². The molecular formula is C18H15ClN2O5. The number of carbonyl (C=O) groups is 2. The maximum atomic E-state index is 12.2. The number of hydrogen-bond donors (Lipinski definition) is 2. The quantitative estimate of drug-likeness (QED) is 0.778. The summed E-state index contributed by atoms with van der Waals surface area (Å²) >= 11 is 5.90. The molecule has 0 saturated heterocycles. The molecule has 0 spiro atoms. The smallest absolute Gasteiger partial charge is 0.342 e. The van der Waals surface area contributed by atoms with Crippen molar-refractivity contribution < 1.29 is 24.2 Å². The van der Waals surface area contributed by atoms with Crippen LogP contribution in [0.5, 0.6) is 11.5 Å². The summed E-state index contributed by atoms with van der Waals surface area (Å²) in [5.74, 6) is -1.39. The van der Waals surface area contributed by atoms with Gasteiger partial charge in [0.25, 0.3) is 5.91 Å². The second-order valence-electron chi connectivity index (χ2n) is 5.23. The first kappa shape index (κ1) is 19.1. The average molecular weight is 375 g/mol. The fraction of sp³-hybridized carbons (Fsp3) is 0.167. The van der Waals surface area contributed by atoms with Crippen LogP contribution < -0.4 is 10.1 Å². The summed E-state index contributed by atoms with van der Waals surface area (Å²) < 4.78 is 10.00. The molecule has 1 atom stereocenters. The molecule has 0 saturated carbocycles. The molecule has 8 heteroatoms. The summed E-state index contributed by atoms with van der Waals surface area (Å²) in [6, 6.07) is 10.4. The van der Waals surface area contributed by atoms with Gasteiger partial charge in [0.2, 0.25) is 0 Å². The number of hydrogen-bond acceptors (Lipinski definition) is 6. The van der Waals surface area contributed by atoms with Crippen LogP contribution in [0.4, 0.5) is 5.69 Å². The molecular weight excluding hydrogens is 360 g/mol. The number of benzene rings is 2. The highest BCUT2D eigenvalue weighted by atomic mass is 35.5. The summed E-state index contributed by atoms with van der Waals surface area (Å²) in [7, 11) is 1.43. The Labute approximate surface area is 154 Å². The van der Waals surface area contributed by atoms with Crippen LogP contribution in [0.15, 0.2) is 36.4 Å². The molecule has 0 radical (unpaired) electrons. The molecule has 0 aliphatic carbocycles. The van der Waals surface area contributed by atoms with Gasteiger partial charge in [0.1, 0.15) is 23.1 Å². The zero-order valence-corrected chi connectivity index (χ0v) is 14.7. The van der Waals surface area contributed by atoms with Gasteiger partial charge in [-0.25, -0.2) is 4.79 Å². The molecule has 0 aliphatic rings. The number of aromatic hydroxyl groups is 1. The molecule has 0 bridgehead atoms. The lowest BCUT2D eigenvalue weighted by molar-refractivity contribution is -0.123. The van der Waals surface area contributed by atoms with Gasteiger partial charge in [-0.05, 0) is 37.3 Å². The highest BCUT2D eigenvalue weighted by Crippen LogP contribution is 2.24. The largest absolute Gasteiger partial charge is 0.507 e. The number of anilines is 1. The number of halogens is 1. The summed E-state index contributed by atoms with van der Waals surface area (Å²) in [5.41, 5.74) is 0.542. The maximum Gasteiger partial charge on any atom is 0.342 e. The van der Waals surface area contributed by atoms with Gasteiger partial charge in [0.05, 0.1) is 17.7 Å². The highest BCUT2D eigenvalue weighted by molar-refractivity contribution is 6.32. The molecule has 7 nitrogen and oxygen atoms in total. The van der Waals surface area contributed by atoms with Gasteiger partial charge in [-0.3, -0.25) is 4.79 Å². The van der Waals surface area contributed by atoms with Crippen LogP contribution in [0.1, 0.15) is 22.8 Å². The van der Waals surface area contributed by atoms with E-state index in [1.54, 1.807) is 0 Å². The second kappa shape index (κ2) is 8.23. The number of carbonyl (C=O) groups excluding carboxylic acids is 2. The molecule has 26 heavy (non-hydrogen) atoms. The number of amides is 1. The Hall–Kier alpha value is -3.24. The number of phenols is 1. The van der Waals surface area contributed by atoms with Crippen LogP contribution in [-0.4, -0.2) is 30.2 Å². The lowest BCUT2D eigenvalue weighted by Crippen LogP contribution is -2.30. The number of rotatable bonds is 5. The first-order valence-corrected chi connectivity index (χ1v) is 7.82. The Morgan fingerprint density at radius 2 is 2.00 bits per heavy atom. The Bertz CT molecular complexity index is 892. The van der Waals surface area contributed by atoms with Crippen molar-refractivity contribution in [3.63, 3.8) is 0 Å². The van der Waals surface area contributed by atoms with Crippen molar-refractivity contribution in [1.82, 2.24) is 0 Å². The number of esters is 1. The fourth-order valence-corrected chi connectivity index (χ4v) is 2.24. The van der Waals surface area contributed by atoms with Gasteiger partial charge in [-0.2, -0.15) is 5.26 Å². The Kier molecular flexibility index (Phi) is 6.04. The molecule has 0 aromatic heterocycles. The number of nitrogens with zero attached hydrogens (tertiary/aromatic N) is 1. The summed E-state index contributed by atoms with van der Waals surface area (Å²) in [5, 5.41) is 21.4. The third-order valence-electron chi connectivity index (χ3n) is 3.43. The Morgan fingerprint density at radius 3 is 2.58 bits per heavy atom. The first-order valence-electron chi connectivity index (χ1n) is 7.44. The minimum absolute atomic E-state index is 0.0909. The van der Waals surface area contributed by atoms with Crippen molar-refractivity contribution in [2.45, 2.75) is 13.0 Å². The predicted octanol–water partition coefficient (Wildman–Crippen LogP) is 3.11. The molecule has 2 rings (SSSR count). The van der Waals surface area contributed by atoms with E-state index in [-0.39, 0.29) is 21.9 Å². The van der Waals surface area contributed by atoms with E-state index in [0.717, 1.165) is 0 Å². The molecule has 0 unspecified atom stereocenters. The standard InChI is InChI=1S/C18H15ClN2O5/c1-10(17(23)21-12-4-3-11(9-20)15(19)7-12)26-18(24)14-6-5-13(25-2)8-16(14)22/h3-8,10,22H,1-2H3,(H,21,23)/t10-/m0/s1. The molecule has 2 aromatic carbocycles. The van der Waals surface area contributed by atoms with Crippen LogP contribution in [0, 0.1) is 11.3 Å². The summed E-state index contributed by atoms with van der Waals surface area (Å²) in [6.07, 6.45) is -1.13. The van der Waals surface area contributed by atoms with Crippen molar-refractivity contribution in [1.29, 1.82) is 5.26 Å². The molecule has 0 heterocycles. The van der Waals surface area contributed by atoms with E-state index in [1.165, 1.54) is 50.4 Å². The van der Waals surface area contributed by atoms with Gasteiger partial charge >= 0.3 is 5.97 Å². The zero-order chi connectivity index (χ0) is 19.3. The van der Waals surface area contributed by atoms with Crippen molar-refractivity contribution in [3.05, 3.63) is 52.5 Å². The predicted molar refractivity (Wildman–Crippen MR) is 94.3 cm³/mol. The molecule has 2 aromatic rings. The fourth-order valence-electron chi connectivity index (χ4n) is 2.02. The Morgan fingerprint density at radius 1 is 1.27 bits per heavy atom. The average Bonchev–Trinajstić information content (AvgIpc) is 2.61. The number of nitriles is 1. The van der Waals surface area contributed by atoms with Crippen LogP contribution in [-0.2, 0) is 9.53 Å². The van der Waals surface area contributed by atoms with Crippen molar-refractivity contribution >= 4 is 29.2 Å². The maximum absolute atomic E-state index is 12.2. The van der Waals surface area contributed by atoms with E-state index >= 15 is 0 Å². The molecule has 0 aliphatic heterocycles. The van der Waals surface area contributed by atoms with E-state index in [1.807, 2.05) is 6.07 Å². The minimum atomic E-state index is -1.13. The highest BCUT2D eigenvalue weighted by Gasteiger charge is 2.21. The van der Waals surface area contributed by atoms with Crippen LogP contribution in [0.2, 0.25) is 5.02 Å². The number of phenolic OH excluding ortho intramolecular Hbond substituents is 1. The summed E-state index contributed by atoms with van der Waals surface area (Å²) in [4.78, 5) is 24.3. The van der Waals surface area contributed by atoms with Crippen molar-refractivity contribution in [2.75, 3.05) is 12.4 Å². The molecule has 1 amide bonds. The van der Waals surface area contributed by atoms with E-state index in [9.17, 15) is 14.7 Å². The van der Waals surface area contributed by atoms with Gasteiger partial charge in [0, 0.05) is 11.8 Å². The molecule has 0 fully saturated rings. The first-order chi connectivity index (χ1) is 12.3. The zero-order valence-electron chi connectivity index (χ0n) is 13.9. The van der Waals surface area contributed by atoms with E-state index in [2.05, 4.69) is 5.32 Å². The van der Waals surface area contributed by atoms with E-state index in [0.29, 0.717) is 11.4 Å². The second-order valence-corrected chi connectivity index (χ2v) is 5.63. The lowest BCUT2D eigenvalue weighted by atomic mass is 10.2. The normalized spacial score (nSPS) is 11.2. The van der Waals surface area contributed by atoms with Gasteiger partial charge in [-0.1, -0.05) is 11.6 Å². The van der Waals surface area contributed by atoms with Crippen molar-refractivity contribution in [3.8, 4) is 17.6 Å². The number of nitrogens with one attached hydrogen (secondary N) is 1. The third-order valence-corrected chi connectivity index (χ3v) is 3.75. The van der Waals surface area contributed by atoms with Gasteiger partial charge < -0.3 is 19.9 Å². The summed E-state index contributed by atoms with van der Waals surface area (Å²) in [6.45, 7) is 1.39. The number of methoxy groups -OCH3 is 1. The minimum Gasteiger partial charge on any atom is -0.507 e. The van der Waals surface area contributed by atoms with Gasteiger partial charge in [-0.15, -0.1) is 0 Å². The number of ether oxygens (including phenoxy) is 2.